The summed E-state index contributed by atoms with van der Waals surface area (Å²) in [6.45, 7) is 13.1. The first-order valence-electron chi connectivity index (χ1n) is 7.88. The summed E-state index contributed by atoms with van der Waals surface area (Å²) >= 11 is 0. The van der Waals surface area contributed by atoms with Gasteiger partial charge in [0.2, 0.25) is 0 Å². The fourth-order valence-electron chi connectivity index (χ4n) is 2.46. The van der Waals surface area contributed by atoms with Gasteiger partial charge in [0.15, 0.2) is 0 Å². The summed E-state index contributed by atoms with van der Waals surface area (Å²) < 4.78 is 0. The van der Waals surface area contributed by atoms with Gasteiger partial charge in [-0.05, 0) is 51.8 Å². The highest BCUT2D eigenvalue weighted by molar-refractivity contribution is 5.22. The maximum absolute atomic E-state index is 3.52. The molecule has 0 fully saturated rings. The van der Waals surface area contributed by atoms with Crippen LogP contribution in [0.3, 0.4) is 0 Å². The van der Waals surface area contributed by atoms with Gasteiger partial charge in [-0.15, -0.1) is 0 Å². The van der Waals surface area contributed by atoms with Gasteiger partial charge >= 0.3 is 0 Å². The van der Waals surface area contributed by atoms with Crippen molar-refractivity contribution in [2.24, 2.45) is 0 Å². The van der Waals surface area contributed by atoms with Crippen LogP contribution in [-0.4, -0.2) is 23.5 Å². The summed E-state index contributed by atoms with van der Waals surface area (Å²) in [5.41, 5.74) is 2.93. The lowest BCUT2D eigenvalue weighted by molar-refractivity contribution is 0.222. The Labute approximate surface area is 125 Å². The lowest BCUT2D eigenvalue weighted by Gasteiger charge is -2.26. The molecule has 20 heavy (non-hydrogen) atoms. The maximum atomic E-state index is 3.52. The van der Waals surface area contributed by atoms with Crippen molar-refractivity contribution in [3.8, 4) is 0 Å². The molecule has 0 atom stereocenters. The summed E-state index contributed by atoms with van der Waals surface area (Å²) in [6.07, 6.45) is 2.45. The van der Waals surface area contributed by atoms with E-state index < -0.39 is 0 Å². The molecule has 1 N–H and O–H groups in total. The summed E-state index contributed by atoms with van der Waals surface area (Å²) in [6, 6.07) is 9.71. The van der Waals surface area contributed by atoms with Crippen LogP contribution in [-0.2, 0) is 13.1 Å². The highest BCUT2D eigenvalue weighted by Gasteiger charge is 2.11. The van der Waals surface area contributed by atoms with Gasteiger partial charge in [0.05, 0.1) is 0 Å². The Bertz CT molecular complexity index is 371. The predicted molar refractivity (Wildman–Crippen MR) is 88.9 cm³/mol. The highest BCUT2D eigenvalue weighted by atomic mass is 15.1. The van der Waals surface area contributed by atoms with E-state index in [9.17, 15) is 0 Å². The third-order valence-electron chi connectivity index (χ3n) is 3.84. The van der Waals surface area contributed by atoms with Crippen molar-refractivity contribution >= 4 is 0 Å². The van der Waals surface area contributed by atoms with Gasteiger partial charge in [-0.25, -0.2) is 0 Å². The van der Waals surface area contributed by atoms with Crippen molar-refractivity contribution in [1.29, 1.82) is 0 Å². The van der Waals surface area contributed by atoms with E-state index in [1.807, 2.05) is 0 Å². The summed E-state index contributed by atoms with van der Waals surface area (Å²) in [7, 11) is 2.23. The number of rotatable bonds is 7. The molecule has 0 aliphatic carbocycles. The standard InChI is InChI=1S/C18H32N2/c1-7-17(8-2)20(6)14-16-11-9-15(10-12-16)13-19-18(3,4)5/h9-12,17,19H,7-8,13-14H2,1-6H3. The van der Waals surface area contributed by atoms with Crippen LogP contribution in [0, 0.1) is 0 Å². The van der Waals surface area contributed by atoms with Gasteiger partial charge in [-0.1, -0.05) is 38.1 Å². The highest BCUT2D eigenvalue weighted by Crippen LogP contribution is 2.13. The largest absolute Gasteiger partial charge is 0.308 e. The second-order valence-electron chi connectivity index (χ2n) is 6.81. The number of hydrogen-bond donors (Lipinski definition) is 1. The van der Waals surface area contributed by atoms with Gasteiger partial charge in [-0.2, -0.15) is 0 Å². The minimum absolute atomic E-state index is 0.175. The molecule has 0 aromatic heterocycles. The zero-order valence-electron chi connectivity index (χ0n) is 14.2. The Morgan fingerprint density at radius 3 is 1.95 bits per heavy atom. The minimum atomic E-state index is 0.175. The van der Waals surface area contributed by atoms with Gasteiger partial charge in [0.1, 0.15) is 0 Å². The van der Waals surface area contributed by atoms with Crippen LogP contribution in [0.15, 0.2) is 24.3 Å². The van der Waals surface area contributed by atoms with E-state index in [2.05, 4.69) is 76.1 Å². The summed E-state index contributed by atoms with van der Waals surface area (Å²) in [4.78, 5) is 2.46. The Balaban J connectivity index is 2.54. The molecule has 1 rings (SSSR count). The van der Waals surface area contributed by atoms with Crippen LogP contribution in [0.5, 0.6) is 0 Å². The molecule has 1 aromatic rings. The van der Waals surface area contributed by atoms with Crippen LogP contribution in [0.4, 0.5) is 0 Å². The fraction of sp³-hybridized carbons (Fsp3) is 0.667. The van der Waals surface area contributed by atoms with E-state index in [1.54, 1.807) is 0 Å². The molecule has 0 spiro atoms. The Morgan fingerprint density at radius 2 is 1.50 bits per heavy atom. The fourth-order valence-corrected chi connectivity index (χ4v) is 2.46. The van der Waals surface area contributed by atoms with Crippen LogP contribution in [0.25, 0.3) is 0 Å². The Hall–Kier alpha value is -0.860. The summed E-state index contributed by atoms with van der Waals surface area (Å²) in [5, 5.41) is 3.52. The van der Waals surface area contributed by atoms with Crippen molar-refractivity contribution in [1.82, 2.24) is 10.2 Å². The molecule has 1 aromatic carbocycles. The van der Waals surface area contributed by atoms with E-state index in [0.717, 1.165) is 13.1 Å². The second kappa shape index (κ2) is 7.80. The molecule has 0 aliphatic heterocycles. The number of nitrogens with one attached hydrogen (secondary N) is 1. The van der Waals surface area contributed by atoms with Gasteiger partial charge in [0, 0.05) is 24.7 Å². The van der Waals surface area contributed by atoms with Crippen molar-refractivity contribution < 1.29 is 0 Å². The first-order valence-corrected chi connectivity index (χ1v) is 7.88. The first-order chi connectivity index (χ1) is 9.35. The zero-order valence-corrected chi connectivity index (χ0v) is 14.2. The first kappa shape index (κ1) is 17.2. The van der Waals surface area contributed by atoms with Crippen LogP contribution < -0.4 is 5.32 Å². The van der Waals surface area contributed by atoms with Crippen molar-refractivity contribution in [2.75, 3.05) is 7.05 Å². The quantitative estimate of drug-likeness (QED) is 0.803. The lowest BCUT2D eigenvalue weighted by Crippen LogP contribution is -2.35. The lowest BCUT2D eigenvalue weighted by atomic mass is 10.1. The molecule has 2 nitrogen and oxygen atoms in total. The molecular weight excluding hydrogens is 244 g/mol. The van der Waals surface area contributed by atoms with Crippen LogP contribution in [0.1, 0.15) is 58.6 Å². The topological polar surface area (TPSA) is 15.3 Å². The smallest absolute Gasteiger partial charge is 0.0233 e. The molecule has 0 unspecified atom stereocenters. The van der Waals surface area contributed by atoms with E-state index >= 15 is 0 Å². The molecule has 0 aliphatic rings. The molecule has 2 heteroatoms. The molecule has 0 radical (unpaired) electrons. The molecule has 0 bridgehead atoms. The minimum Gasteiger partial charge on any atom is -0.308 e. The van der Waals surface area contributed by atoms with Gasteiger partial charge < -0.3 is 5.32 Å². The second-order valence-corrected chi connectivity index (χ2v) is 6.81. The normalized spacial score (nSPS) is 12.4. The van der Waals surface area contributed by atoms with Crippen LogP contribution in [0.2, 0.25) is 0 Å². The number of hydrogen-bond acceptors (Lipinski definition) is 2. The Kier molecular flexibility index (Phi) is 6.70. The molecule has 114 valence electrons. The number of nitrogens with zero attached hydrogens (tertiary/aromatic N) is 1. The van der Waals surface area contributed by atoms with E-state index in [1.165, 1.54) is 24.0 Å². The molecule has 0 saturated heterocycles. The van der Waals surface area contributed by atoms with E-state index in [4.69, 9.17) is 0 Å². The van der Waals surface area contributed by atoms with Gasteiger partial charge in [-0.3, -0.25) is 4.90 Å². The van der Waals surface area contributed by atoms with E-state index in [-0.39, 0.29) is 5.54 Å². The third-order valence-corrected chi connectivity index (χ3v) is 3.84. The van der Waals surface area contributed by atoms with Crippen molar-refractivity contribution in [2.45, 2.75) is 72.1 Å². The Morgan fingerprint density at radius 1 is 1.00 bits per heavy atom. The van der Waals surface area contributed by atoms with Crippen molar-refractivity contribution in [3.05, 3.63) is 35.4 Å². The molecule has 0 saturated carbocycles. The SMILES string of the molecule is CCC(CC)N(C)Cc1ccc(CNC(C)(C)C)cc1. The summed E-state index contributed by atoms with van der Waals surface area (Å²) in [5.74, 6) is 0. The maximum Gasteiger partial charge on any atom is 0.0233 e. The van der Waals surface area contributed by atoms with Crippen LogP contribution >= 0.6 is 0 Å². The molecular formula is C18H32N2. The molecule has 0 heterocycles. The average molecular weight is 276 g/mol. The zero-order chi connectivity index (χ0) is 15.2. The predicted octanol–water partition coefficient (Wildman–Crippen LogP) is 4.20. The monoisotopic (exact) mass is 276 g/mol. The number of benzene rings is 1. The van der Waals surface area contributed by atoms with Gasteiger partial charge in [0.25, 0.3) is 0 Å². The molecule has 0 amide bonds. The van der Waals surface area contributed by atoms with E-state index in [0.29, 0.717) is 6.04 Å². The average Bonchev–Trinajstić information content (AvgIpc) is 2.38. The third kappa shape index (κ3) is 6.06. The van der Waals surface area contributed by atoms with Crippen molar-refractivity contribution in [3.63, 3.8) is 0 Å².